The van der Waals surface area contributed by atoms with E-state index >= 15 is 0 Å². The Hall–Kier alpha value is -2.65. The van der Waals surface area contributed by atoms with Crippen LogP contribution < -0.4 is 5.32 Å². The lowest BCUT2D eigenvalue weighted by Gasteiger charge is -2.21. The van der Waals surface area contributed by atoms with Crippen LogP contribution in [0.25, 0.3) is 0 Å². The highest BCUT2D eigenvalue weighted by molar-refractivity contribution is 7.89. The standard InChI is InChI=1S/C22H28N2O6S/c1-15-8-9-18(13-20(15)31(27,28)24-10-6-4-5-7-11-24)23-21(25)14-29-22(26)19-12-16(2)30-17(19)3/h8-9,12-13H,4-7,10-11,14H2,1-3H3,(H,23,25). The first kappa shape index (κ1) is 23.0. The van der Waals surface area contributed by atoms with Gasteiger partial charge in [-0.1, -0.05) is 18.9 Å². The molecule has 3 rings (SSSR count). The van der Waals surface area contributed by atoms with Crippen molar-refractivity contribution in [2.45, 2.75) is 51.3 Å². The van der Waals surface area contributed by atoms with Crippen molar-refractivity contribution in [2.24, 2.45) is 0 Å². The molecule has 1 aliphatic heterocycles. The molecule has 31 heavy (non-hydrogen) atoms. The highest BCUT2D eigenvalue weighted by Crippen LogP contribution is 2.26. The summed E-state index contributed by atoms with van der Waals surface area (Å²) in [6.07, 6.45) is 3.74. The SMILES string of the molecule is Cc1cc(C(=O)OCC(=O)Nc2ccc(C)c(S(=O)(=O)N3CCCCCC3)c2)c(C)o1. The van der Waals surface area contributed by atoms with Crippen LogP contribution in [0.4, 0.5) is 5.69 Å². The minimum Gasteiger partial charge on any atom is -0.466 e. The number of benzene rings is 1. The van der Waals surface area contributed by atoms with Gasteiger partial charge in [0.15, 0.2) is 6.61 Å². The number of anilines is 1. The summed E-state index contributed by atoms with van der Waals surface area (Å²) in [6, 6.07) is 6.29. The fraction of sp³-hybridized carbons (Fsp3) is 0.455. The van der Waals surface area contributed by atoms with Crippen LogP contribution in [0.15, 0.2) is 33.6 Å². The van der Waals surface area contributed by atoms with E-state index in [9.17, 15) is 18.0 Å². The molecule has 2 aromatic rings. The zero-order valence-electron chi connectivity index (χ0n) is 18.1. The Kier molecular flexibility index (Phi) is 7.17. The predicted molar refractivity (Wildman–Crippen MR) is 116 cm³/mol. The summed E-state index contributed by atoms with van der Waals surface area (Å²) < 4.78 is 38.1. The monoisotopic (exact) mass is 448 g/mol. The number of ether oxygens (including phenoxy) is 1. The van der Waals surface area contributed by atoms with Crippen LogP contribution in [-0.4, -0.2) is 44.3 Å². The van der Waals surface area contributed by atoms with Gasteiger partial charge in [0.2, 0.25) is 10.0 Å². The molecule has 1 aromatic heterocycles. The van der Waals surface area contributed by atoms with Crippen molar-refractivity contribution in [3.8, 4) is 0 Å². The summed E-state index contributed by atoms with van der Waals surface area (Å²) in [5.41, 5.74) is 1.21. The minimum absolute atomic E-state index is 0.175. The second-order valence-electron chi connectivity index (χ2n) is 7.75. The van der Waals surface area contributed by atoms with Crippen LogP contribution in [0, 0.1) is 20.8 Å². The summed E-state index contributed by atoms with van der Waals surface area (Å²) >= 11 is 0. The first-order valence-corrected chi connectivity index (χ1v) is 11.8. The van der Waals surface area contributed by atoms with Gasteiger partial charge in [-0.25, -0.2) is 13.2 Å². The zero-order valence-corrected chi connectivity index (χ0v) is 18.9. The van der Waals surface area contributed by atoms with E-state index in [4.69, 9.17) is 9.15 Å². The number of rotatable bonds is 6. The predicted octanol–water partition coefficient (Wildman–Crippen LogP) is 3.57. The third kappa shape index (κ3) is 5.54. The van der Waals surface area contributed by atoms with Gasteiger partial charge in [-0.15, -0.1) is 0 Å². The summed E-state index contributed by atoms with van der Waals surface area (Å²) in [5.74, 6) is -0.220. The molecule has 0 unspecified atom stereocenters. The van der Waals surface area contributed by atoms with Gasteiger partial charge in [-0.2, -0.15) is 4.31 Å². The number of esters is 1. The fourth-order valence-corrected chi connectivity index (χ4v) is 5.38. The molecule has 168 valence electrons. The molecule has 9 heteroatoms. The first-order chi connectivity index (χ1) is 14.7. The van der Waals surface area contributed by atoms with E-state index in [1.54, 1.807) is 39.0 Å². The van der Waals surface area contributed by atoms with Crippen LogP contribution in [0.3, 0.4) is 0 Å². The molecule has 1 amide bonds. The number of aryl methyl sites for hydroxylation is 3. The molecule has 0 saturated carbocycles. The minimum atomic E-state index is -3.65. The lowest BCUT2D eigenvalue weighted by Crippen LogP contribution is -2.32. The van der Waals surface area contributed by atoms with Gasteiger partial charge in [0.1, 0.15) is 17.1 Å². The normalized spacial score (nSPS) is 15.3. The largest absolute Gasteiger partial charge is 0.466 e. The maximum Gasteiger partial charge on any atom is 0.342 e. The lowest BCUT2D eigenvalue weighted by atomic mass is 10.2. The highest BCUT2D eigenvalue weighted by atomic mass is 32.2. The van der Waals surface area contributed by atoms with Crippen molar-refractivity contribution in [2.75, 3.05) is 25.0 Å². The molecule has 0 radical (unpaired) electrons. The average molecular weight is 449 g/mol. The molecule has 1 N–H and O–H groups in total. The number of carbonyl (C=O) groups excluding carboxylic acids is 2. The smallest absolute Gasteiger partial charge is 0.342 e. The third-order valence-corrected chi connectivity index (χ3v) is 7.29. The van der Waals surface area contributed by atoms with Gasteiger partial charge in [-0.05, 0) is 57.4 Å². The fourth-order valence-electron chi connectivity index (χ4n) is 3.62. The van der Waals surface area contributed by atoms with Crippen LogP contribution in [0.1, 0.15) is 53.1 Å². The molecule has 1 aromatic carbocycles. The van der Waals surface area contributed by atoms with Gasteiger partial charge in [-0.3, -0.25) is 4.79 Å². The van der Waals surface area contributed by atoms with Crippen LogP contribution in [0.2, 0.25) is 0 Å². The van der Waals surface area contributed by atoms with Gasteiger partial charge in [0.25, 0.3) is 5.91 Å². The summed E-state index contributed by atoms with van der Waals surface area (Å²) in [5, 5.41) is 2.60. The summed E-state index contributed by atoms with van der Waals surface area (Å²) in [4.78, 5) is 24.6. The molecule has 8 nitrogen and oxygen atoms in total. The molecule has 0 aliphatic carbocycles. The van der Waals surface area contributed by atoms with E-state index in [1.165, 1.54) is 10.4 Å². The molecular weight excluding hydrogens is 420 g/mol. The molecule has 1 saturated heterocycles. The number of hydrogen-bond donors (Lipinski definition) is 1. The molecule has 0 atom stereocenters. The molecule has 1 fully saturated rings. The Balaban J connectivity index is 1.67. The van der Waals surface area contributed by atoms with Crippen molar-refractivity contribution in [1.29, 1.82) is 0 Å². The van der Waals surface area contributed by atoms with Gasteiger partial charge < -0.3 is 14.5 Å². The van der Waals surface area contributed by atoms with Crippen LogP contribution in [0.5, 0.6) is 0 Å². The molecule has 0 bridgehead atoms. The lowest BCUT2D eigenvalue weighted by molar-refractivity contribution is -0.119. The average Bonchev–Trinajstić information content (AvgIpc) is 2.91. The van der Waals surface area contributed by atoms with Gasteiger partial charge in [0, 0.05) is 18.8 Å². The Morgan fingerprint density at radius 1 is 1.06 bits per heavy atom. The number of hydrogen-bond acceptors (Lipinski definition) is 6. The number of carbonyl (C=O) groups is 2. The van der Waals surface area contributed by atoms with Crippen molar-refractivity contribution < 1.29 is 27.2 Å². The quantitative estimate of drug-likeness (QED) is 0.677. The Bertz CT molecular complexity index is 1070. The summed E-state index contributed by atoms with van der Waals surface area (Å²) in [7, 11) is -3.65. The van der Waals surface area contributed by atoms with Crippen molar-refractivity contribution in [1.82, 2.24) is 4.31 Å². The highest BCUT2D eigenvalue weighted by Gasteiger charge is 2.27. The van der Waals surface area contributed by atoms with E-state index in [2.05, 4.69) is 5.32 Å². The van der Waals surface area contributed by atoms with Crippen LogP contribution >= 0.6 is 0 Å². The summed E-state index contributed by atoms with van der Waals surface area (Å²) in [6.45, 7) is 5.59. The third-order valence-electron chi connectivity index (χ3n) is 5.25. The Morgan fingerprint density at radius 2 is 1.74 bits per heavy atom. The molecule has 1 aliphatic rings. The number of furan rings is 1. The van der Waals surface area contributed by atoms with Crippen molar-refractivity contribution in [3.05, 3.63) is 46.9 Å². The number of nitrogens with zero attached hydrogens (tertiary/aromatic N) is 1. The van der Waals surface area contributed by atoms with E-state index in [0.717, 1.165) is 25.7 Å². The Labute approximate surface area is 182 Å². The maximum atomic E-state index is 13.1. The number of amides is 1. The first-order valence-electron chi connectivity index (χ1n) is 10.3. The number of nitrogens with one attached hydrogen (secondary N) is 1. The van der Waals surface area contributed by atoms with E-state index < -0.39 is 28.5 Å². The van der Waals surface area contributed by atoms with Crippen molar-refractivity contribution in [3.63, 3.8) is 0 Å². The second-order valence-corrected chi connectivity index (χ2v) is 9.66. The molecule has 2 heterocycles. The maximum absolute atomic E-state index is 13.1. The zero-order chi connectivity index (χ0) is 22.6. The van der Waals surface area contributed by atoms with Crippen molar-refractivity contribution >= 4 is 27.6 Å². The Morgan fingerprint density at radius 3 is 2.35 bits per heavy atom. The van der Waals surface area contributed by atoms with Gasteiger partial charge in [0.05, 0.1) is 4.90 Å². The molecular formula is C22H28N2O6S. The second kappa shape index (κ2) is 9.65. The van der Waals surface area contributed by atoms with Crippen LogP contribution in [-0.2, 0) is 19.6 Å². The topological polar surface area (TPSA) is 106 Å². The van der Waals surface area contributed by atoms with Gasteiger partial charge >= 0.3 is 5.97 Å². The number of sulfonamides is 1. The van der Waals surface area contributed by atoms with E-state index in [1.807, 2.05) is 0 Å². The van der Waals surface area contributed by atoms with E-state index in [0.29, 0.717) is 35.9 Å². The molecule has 0 spiro atoms. The van der Waals surface area contributed by atoms with E-state index in [-0.39, 0.29) is 10.5 Å².